The number of nitrogens with zero attached hydrogens (tertiary/aromatic N) is 3. The Morgan fingerprint density at radius 1 is 1.22 bits per heavy atom. The first-order chi connectivity index (χ1) is 17.4. The number of aromatic amines is 1. The minimum atomic E-state index is -0.488. The molecule has 1 aliphatic heterocycles. The molecule has 1 saturated carbocycles. The Hall–Kier alpha value is -3.80. The number of benzene rings is 1. The van der Waals surface area contributed by atoms with E-state index in [2.05, 4.69) is 20.4 Å². The second-order valence-electron chi connectivity index (χ2n) is 9.03. The van der Waals surface area contributed by atoms with E-state index < -0.39 is 12.5 Å². The van der Waals surface area contributed by atoms with Gasteiger partial charge < -0.3 is 34.4 Å². The molecule has 4 rings (SSSR count). The zero-order chi connectivity index (χ0) is 25.7. The van der Waals surface area contributed by atoms with Crippen LogP contribution < -0.4 is 14.8 Å². The predicted octanol–water partition coefficient (Wildman–Crippen LogP) is 1.97. The number of nitrogens with one attached hydrogen (secondary N) is 2. The number of aromatic nitrogens is 2. The smallest absolute Gasteiger partial charge is 0.410 e. The number of amides is 2. The topological polar surface area (TPSA) is 146 Å². The number of aromatic hydroxyl groups is 1. The van der Waals surface area contributed by atoms with Crippen LogP contribution in [0.2, 0.25) is 0 Å². The Morgan fingerprint density at radius 3 is 2.72 bits per heavy atom. The van der Waals surface area contributed by atoms with Crippen molar-refractivity contribution in [2.75, 3.05) is 52.3 Å². The first kappa shape index (κ1) is 25.3. The highest BCUT2D eigenvalue weighted by Gasteiger charge is 2.32. The first-order valence-corrected chi connectivity index (χ1v) is 11.8. The molecule has 1 aromatic carbocycles. The lowest BCUT2D eigenvalue weighted by atomic mass is 10.0. The number of piperazine rings is 1. The van der Waals surface area contributed by atoms with Crippen LogP contribution in [0.3, 0.4) is 0 Å². The summed E-state index contributed by atoms with van der Waals surface area (Å²) < 4.78 is 16.2. The number of hydrogen-bond acceptors (Lipinski definition) is 9. The molecule has 0 bridgehead atoms. The number of carbonyl (C=O) groups is 3. The van der Waals surface area contributed by atoms with Crippen LogP contribution in [0, 0.1) is 0 Å². The Kier molecular flexibility index (Phi) is 7.93. The van der Waals surface area contributed by atoms with E-state index in [4.69, 9.17) is 14.2 Å². The third-order valence-corrected chi connectivity index (χ3v) is 6.52. The quantitative estimate of drug-likeness (QED) is 0.462. The van der Waals surface area contributed by atoms with Crippen molar-refractivity contribution in [3.8, 4) is 17.2 Å². The lowest BCUT2D eigenvalue weighted by Gasteiger charge is -2.32. The van der Waals surface area contributed by atoms with Crippen LogP contribution in [0.1, 0.15) is 41.2 Å². The molecule has 0 unspecified atom stereocenters. The molecule has 0 spiro atoms. The number of ether oxygens (including phenoxy) is 3. The molecule has 3 N–H and O–H groups in total. The molecule has 1 aromatic heterocycles. The number of rotatable bonds is 8. The fraction of sp³-hybridized carbons (Fsp3) is 0.500. The van der Waals surface area contributed by atoms with Crippen LogP contribution in [0.25, 0.3) is 0 Å². The number of anilines is 1. The number of phenolic OH excluding ortho intramolecular Hbond substituents is 1. The van der Waals surface area contributed by atoms with E-state index >= 15 is 0 Å². The van der Waals surface area contributed by atoms with Crippen LogP contribution in [0.15, 0.2) is 18.2 Å². The highest BCUT2D eigenvalue weighted by Crippen LogP contribution is 2.36. The minimum Gasteiger partial charge on any atom is -0.507 e. The van der Waals surface area contributed by atoms with Crippen molar-refractivity contribution >= 4 is 24.1 Å². The van der Waals surface area contributed by atoms with Crippen LogP contribution in [0.4, 0.5) is 10.6 Å². The minimum absolute atomic E-state index is 0.0304. The normalized spacial score (nSPS) is 20.1. The van der Waals surface area contributed by atoms with Gasteiger partial charge in [0.25, 0.3) is 5.91 Å². The summed E-state index contributed by atoms with van der Waals surface area (Å²) in [7, 11) is 3.44. The third-order valence-electron chi connectivity index (χ3n) is 6.52. The van der Waals surface area contributed by atoms with Gasteiger partial charge in [0.1, 0.15) is 23.4 Å². The van der Waals surface area contributed by atoms with Crippen LogP contribution >= 0.6 is 0 Å². The zero-order valence-electron chi connectivity index (χ0n) is 20.4. The van der Waals surface area contributed by atoms with Crippen molar-refractivity contribution in [1.29, 1.82) is 0 Å². The fourth-order valence-electron chi connectivity index (χ4n) is 4.41. The Balaban J connectivity index is 1.26. The summed E-state index contributed by atoms with van der Waals surface area (Å²) in [4.78, 5) is 40.0. The molecular formula is C24H31N5O7. The van der Waals surface area contributed by atoms with Crippen LogP contribution in [-0.4, -0.2) is 96.4 Å². The van der Waals surface area contributed by atoms with E-state index in [0.717, 1.165) is 31.6 Å². The average Bonchev–Trinajstić information content (AvgIpc) is 3.52. The summed E-state index contributed by atoms with van der Waals surface area (Å²) in [5, 5.41) is 19.7. The number of methoxy groups -OCH3 is 1. The van der Waals surface area contributed by atoms with Gasteiger partial charge in [0.15, 0.2) is 18.7 Å². The zero-order valence-corrected chi connectivity index (χ0v) is 20.4. The number of carbonyl (C=O) groups excluding carboxylic acids is 3. The van der Waals surface area contributed by atoms with Gasteiger partial charge in [0, 0.05) is 56.0 Å². The Morgan fingerprint density at radius 2 is 2.00 bits per heavy atom. The molecule has 1 aliphatic carbocycles. The summed E-state index contributed by atoms with van der Waals surface area (Å²) in [6, 6.07) is 4.45. The Labute approximate surface area is 208 Å². The van der Waals surface area contributed by atoms with Crippen molar-refractivity contribution in [1.82, 2.24) is 20.0 Å². The molecule has 2 aromatic rings. The number of hydrogen-bond donors (Lipinski definition) is 3. The lowest BCUT2D eigenvalue weighted by molar-refractivity contribution is -0.118. The largest absolute Gasteiger partial charge is 0.507 e. The maximum Gasteiger partial charge on any atom is 0.410 e. The average molecular weight is 502 g/mol. The van der Waals surface area contributed by atoms with E-state index in [1.54, 1.807) is 11.0 Å². The molecule has 0 radical (unpaired) electrons. The summed E-state index contributed by atoms with van der Waals surface area (Å²) in [6.07, 6.45) is 2.33. The summed E-state index contributed by atoms with van der Waals surface area (Å²) in [6.45, 7) is 2.64. The molecule has 2 aliphatic rings. The number of likely N-dealkylation sites (N-methyl/N-ethyl adjacent to an activating group) is 1. The van der Waals surface area contributed by atoms with Gasteiger partial charge in [-0.15, -0.1) is 0 Å². The van der Waals surface area contributed by atoms with E-state index in [9.17, 15) is 19.5 Å². The molecule has 2 heterocycles. The standard InChI is InChI=1S/C24H31N5O7/c1-28-5-7-29(8-6-28)24(33)36-16-4-3-15(9-16)19-12-22(27-26-19)25-23(32)14-35-21-11-17(34-2)10-20(31)18(21)13-30/h10-13,15-16,31H,3-9,14H2,1-2H3,(H2,25,26,27,32)/t15-,16+/m0/s1. The van der Waals surface area contributed by atoms with Crippen LogP contribution in [0.5, 0.6) is 17.2 Å². The van der Waals surface area contributed by atoms with E-state index in [-0.39, 0.29) is 40.9 Å². The van der Waals surface area contributed by atoms with Crippen molar-refractivity contribution in [2.45, 2.75) is 31.3 Å². The molecule has 2 amide bonds. The SMILES string of the molecule is COc1cc(O)c(C=O)c(OCC(=O)Nc2cc([C@H]3CC[C@@H](OC(=O)N4CCN(C)CC4)C3)[nH]n2)c1. The monoisotopic (exact) mass is 501 g/mol. The van der Waals surface area contributed by atoms with Crippen molar-refractivity contribution in [3.05, 3.63) is 29.5 Å². The second kappa shape index (κ2) is 11.3. The van der Waals surface area contributed by atoms with Gasteiger partial charge in [-0.25, -0.2) is 4.79 Å². The molecule has 2 fully saturated rings. The lowest BCUT2D eigenvalue weighted by Crippen LogP contribution is -2.47. The summed E-state index contributed by atoms with van der Waals surface area (Å²) in [5.74, 6) is -0.00376. The van der Waals surface area contributed by atoms with E-state index in [0.29, 0.717) is 31.6 Å². The van der Waals surface area contributed by atoms with Crippen molar-refractivity contribution in [2.24, 2.45) is 0 Å². The molecule has 36 heavy (non-hydrogen) atoms. The molecule has 12 heteroatoms. The highest BCUT2D eigenvalue weighted by atomic mass is 16.6. The highest BCUT2D eigenvalue weighted by molar-refractivity contribution is 5.91. The molecular weight excluding hydrogens is 470 g/mol. The third kappa shape index (κ3) is 6.06. The van der Waals surface area contributed by atoms with Gasteiger partial charge in [-0.1, -0.05) is 0 Å². The number of H-pyrrole nitrogens is 1. The summed E-state index contributed by atoms with van der Waals surface area (Å²) in [5.41, 5.74) is 0.778. The number of phenols is 1. The van der Waals surface area contributed by atoms with Crippen LogP contribution in [-0.2, 0) is 9.53 Å². The predicted molar refractivity (Wildman–Crippen MR) is 129 cm³/mol. The van der Waals surface area contributed by atoms with Crippen molar-refractivity contribution < 1.29 is 33.7 Å². The van der Waals surface area contributed by atoms with E-state index in [1.165, 1.54) is 19.2 Å². The molecule has 1 saturated heterocycles. The van der Waals surface area contributed by atoms with Gasteiger partial charge in [0.2, 0.25) is 0 Å². The summed E-state index contributed by atoms with van der Waals surface area (Å²) >= 11 is 0. The second-order valence-corrected chi connectivity index (χ2v) is 9.03. The van der Waals surface area contributed by atoms with Gasteiger partial charge in [-0.2, -0.15) is 5.10 Å². The molecule has 12 nitrogen and oxygen atoms in total. The molecule has 2 atom stereocenters. The van der Waals surface area contributed by atoms with E-state index in [1.807, 2.05) is 7.05 Å². The maximum absolute atomic E-state index is 12.5. The fourth-order valence-corrected chi connectivity index (χ4v) is 4.41. The van der Waals surface area contributed by atoms with Gasteiger partial charge in [-0.3, -0.25) is 14.7 Å². The first-order valence-electron chi connectivity index (χ1n) is 11.8. The maximum atomic E-state index is 12.5. The van der Waals surface area contributed by atoms with Crippen molar-refractivity contribution in [3.63, 3.8) is 0 Å². The molecule has 194 valence electrons. The Bertz CT molecular complexity index is 1100. The van der Waals surface area contributed by atoms with Gasteiger partial charge in [0.05, 0.1) is 12.7 Å². The van der Waals surface area contributed by atoms with Gasteiger partial charge >= 0.3 is 6.09 Å². The van der Waals surface area contributed by atoms with Gasteiger partial charge in [-0.05, 0) is 26.3 Å². The number of aldehydes is 1.